The van der Waals surface area contributed by atoms with E-state index in [2.05, 4.69) is 15.6 Å². The average Bonchev–Trinajstić information content (AvgIpc) is 2.98. The van der Waals surface area contributed by atoms with Gasteiger partial charge in [-0.1, -0.05) is 18.5 Å². The van der Waals surface area contributed by atoms with Crippen molar-refractivity contribution in [1.82, 2.24) is 10.3 Å². The lowest BCUT2D eigenvalue weighted by Gasteiger charge is -2.08. The lowest BCUT2D eigenvalue weighted by atomic mass is 10.2. The van der Waals surface area contributed by atoms with Gasteiger partial charge in [0.1, 0.15) is 5.52 Å². The number of carbonyl (C=O) groups excluding carboxylic acids is 1. The van der Waals surface area contributed by atoms with Gasteiger partial charge >= 0.3 is 0 Å². The Hall–Kier alpha value is -2.44. The first-order valence-electron chi connectivity index (χ1n) is 7.82. The number of oxazole rings is 1. The van der Waals surface area contributed by atoms with Gasteiger partial charge in [0.25, 0.3) is 0 Å². The first-order chi connectivity index (χ1) is 12.0. The lowest BCUT2D eigenvalue weighted by molar-refractivity contribution is -0.119. The van der Waals surface area contributed by atoms with E-state index in [1.807, 2.05) is 31.2 Å². The zero-order valence-corrected chi connectivity index (χ0v) is 15.1. The highest BCUT2D eigenvalue weighted by atomic mass is 35.5. The van der Waals surface area contributed by atoms with Crippen LogP contribution in [0.1, 0.15) is 19.8 Å². The van der Waals surface area contributed by atoms with Gasteiger partial charge in [0.05, 0.1) is 0 Å². The second-order valence-electron chi connectivity index (χ2n) is 5.46. The summed E-state index contributed by atoms with van der Waals surface area (Å²) in [7, 11) is 0. The van der Waals surface area contributed by atoms with Gasteiger partial charge in [-0.25, -0.2) is 4.98 Å². The third-order valence-electron chi connectivity index (χ3n) is 3.47. The van der Waals surface area contributed by atoms with Crippen molar-refractivity contribution < 1.29 is 9.21 Å². The Bertz CT molecular complexity index is 922. The van der Waals surface area contributed by atoms with Crippen LogP contribution < -0.4 is 10.6 Å². The molecule has 3 aromatic rings. The maximum Gasteiger partial charge on any atom is 0.227 e. The molecule has 0 aliphatic rings. The van der Waals surface area contributed by atoms with E-state index in [0.717, 1.165) is 17.7 Å². The molecule has 1 amide bonds. The van der Waals surface area contributed by atoms with E-state index in [4.69, 9.17) is 28.2 Å². The first-order valence-corrected chi connectivity index (χ1v) is 8.61. The highest BCUT2D eigenvalue weighted by Crippen LogP contribution is 2.27. The van der Waals surface area contributed by atoms with Crippen LogP contribution in [0.4, 0.5) is 5.69 Å². The molecule has 0 atom stereocenters. The molecule has 5 nitrogen and oxygen atoms in total. The molecule has 0 aliphatic carbocycles. The molecule has 0 spiro atoms. The number of benzene rings is 2. The van der Waals surface area contributed by atoms with Crippen LogP contribution in [0.5, 0.6) is 0 Å². The van der Waals surface area contributed by atoms with Crippen LogP contribution in [0.3, 0.4) is 0 Å². The van der Waals surface area contributed by atoms with Crippen LogP contribution in [0.15, 0.2) is 46.9 Å². The van der Waals surface area contributed by atoms with Gasteiger partial charge < -0.3 is 15.1 Å². The smallest absolute Gasteiger partial charge is 0.227 e. The van der Waals surface area contributed by atoms with Crippen LogP contribution in [0.25, 0.3) is 22.6 Å². The highest BCUT2D eigenvalue weighted by molar-refractivity contribution is 7.80. The Morgan fingerprint density at radius 3 is 2.72 bits per heavy atom. The predicted octanol–water partition coefficient (Wildman–Crippen LogP) is 4.76. The molecule has 0 bridgehead atoms. The van der Waals surface area contributed by atoms with Crippen LogP contribution in [-0.4, -0.2) is 16.0 Å². The number of aromatic nitrogens is 1. The summed E-state index contributed by atoms with van der Waals surface area (Å²) in [4.78, 5) is 16.1. The molecule has 1 aromatic heterocycles. The maximum absolute atomic E-state index is 11.6. The van der Waals surface area contributed by atoms with Gasteiger partial charge in [-0.2, -0.15) is 0 Å². The second-order valence-corrected chi connectivity index (χ2v) is 6.31. The van der Waals surface area contributed by atoms with E-state index in [9.17, 15) is 4.79 Å². The summed E-state index contributed by atoms with van der Waals surface area (Å²) < 4.78 is 5.77. The average molecular weight is 374 g/mol. The van der Waals surface area contributed by atoms with E-state index >= 15 is 0 Å². The summed E-state index contributed by atoms with van der Waals surface area (Å²) in [5.41, 5.74) is 2.93. The van der Waals surface area contributed by atoms with E-state index < -0.39 is 0 Å². The second kappa shape index (κ2) is 7.63. The standard InChI is InChI=1S/C18H16ClN3O2S/c1-2-3-16(23)22-18(25)20-13-8-9-15-14(10-13)21-17(24-15)11-4-6-12(19)7-5-11/h4-10H,2-3H2,1H3,(H2,20,22,23,25). The summed E-state index contributed by atoms with van der Waals surface area (Å²) >= 11 is 11.0. The molecular formula is C18H16ClN3O2S. The predicted molar refractivity (Wildman–Crippen MR) is 104 cm³/mol. The maximum atomic E-state index is 11.6. The lowest BCUT2D eigenvalue weighted by Crippen LogP contribution is -2.33. The molecule has 0 saturated carbocycles. The summed E-state index contributed by atoms with van der Waals surface area (Å²) in [6, 6.07) is 12.7. The number of halogens is 1. The minimum Gasteiger partial charge on any atom is -0.436 e. The van der Waals surface area contributed by atoms with Crippen LogP contribution in [-0.2, 0) is 4.79 Å². The highest BCUT2D eigenvalue weighted by Gasteiger charge is 2.10. The number of amides is 1. The monoisotopic (exact) mass is 373 g/mol. The van der Waals surface area contributed by atoms with E-state index in [0.29, 0.717) is 28.4 Å². The largest absolute Gasteiger partial charge is 0.436 e. The van der Waals surface area contributed by atoms with Crippen LogP contribution >= 0.6 is 23.8 Å². The molecule has 128 valence electrons. The summed E-state index contributed by atoms with van der Waals surface area (Å²) in [5, 5.41) is 6.54. The minimum absolute atomic E-state index is 0.104. The van der Waals surface area contributed by atoms with Crippen molar-refractivity contribution in [3.05, 3.63) is 47.5 Å². The van der Waals surface area contributed by atoms with Crippen molar-refractivity contribution in [2.24, 2.45) is 0 Å². The molecule has 0 radical (unpaired) electrons. The normalized spacial score (nSPS) is 10.6. The van der Waals surface area contributed by atoms with Gasteiger partial charge in [0.15, 0.2) is 10.7 Å². The fraction of sp³-hybridized carbons (Fsp3) is 0.167. The van der Waals surface area contributed by atoms with E-state index in [1.165, 1.54) is 0 Å². The number of carbonyl (C=O) groups is 1. The molecule has 25 heavy (non-hydrogen) atoms. The van der Waals surface area contributed by atoms with Gasteiger partial charge in [-0.3, -0.25) is 4.79 Å². The molecule has 7 heteroatoms. The molecule has 2 aromatic carbocycles. The zero-order chi connectivity index (χ0) is 17.8. The molecular weight excluding hydrogens is 358 g/mol. The SMILES string of the molecule is CCCC(=O)NC(=S)Nc1ccc2oc(-c3ccc(Cl)cc3)nc2c1. The zero-order valence-electron chi connectivity index (χ0n) is 13.5. The number of fused-ring (bicyclic) bond motifs is 1. The molecule has 0 unspecified atom stereocenters. The Morgan fingerprint density at radius 2 is 2.00 bits per heavy atom. The molecule has 2 N–H and O–H groups in total. The fourth-order valence-corrected chi connectivity index (χ4v) is 2.66. The Labute approximate surface area is 155 Å². The van der Waals surface area contributed by atoms with Crippen molar-refractivity contribution >= 4 is 51.6 Å². The number of hydrogen-bond donors (Lipinski definition) is 2. The summed E-state index contributed by atoms with van der Waals surface area (Å²) in [6.45, 7) is 1.94. The van der Waals surface area contributed by atoms with Crippen molar-refractivity contribution in [1.29, 1.82) is 0 Å². The number of thiocarbonyl (C=S) groups is 1. The van der Waals surface area contributed by atoms with Crippen molar-refractivity contribution in [3.8, 4) is 11.5 Å². The Morgan fingerprint density at radius 1 is 1.24 bits per heavy atom. The first kappa shape index (κ1) is 17.4. The molecule has 1 heterocycles. The van der Waals surface area contributed by atoms with Crippen molar-refractivity contribution in [2.45, 2.75) is 19.8 Å². The summed E-state index contributed by atoms with van der Waals surface area (Å²) in [6.07, 6.45) is 1.21. The van der Waals surface area contributed by atoms with Crippen LogP contribution in [0, 0.1) is 0 Å². The van der Waals surface area contributed by atoms with Gasteiger partial charge in [-0.15, -0.1) is 0 Å². The number of anilines is 1. The number of nitrogens with one attached hydrogen (secondary N) is 2. The third-order valence-corrected chi connectivity index (χ3v) is 3.92. The number of rotatable bonds is 4. The third kappa shape index (κ3) is 4.35. The Kier molecular flexibility index (Phi) is 5.31. The fourth-order valence-electron chi connectivity index (χ4n) is 2.30. The van der Waals surface area contributed by atoms with E-state index in [-0.39, 0.29) is 11.0 Å². The minimum atomic E-state index is -0.104. The van der Waals surface area contributed by atoms with E-state index in [1.54, 1.807) is 18.2 Å². The topological polar surface area (TPSA) is 67.2 Å². The Balaban J connectivity index is 1.77. The molecule has 0 saturated heterocycles. The molecule has 0 aliphatic heterocycles. The molecule has 3 rings (SSSR count). The number of hydrogen-bond acceptors (Lipinski definition) is 4. The molecule has 0 fully saturated rings. The summed E-state index contributed by atoms with van der Waals surface area (Å²) in [5.74, 6) is 0.412. The van der Waals surface area contributed by atoms with Gasteiger partial charge in [0.2, 0.25) is 11.8 Å². The van der Waals surface area contributed by atoms with Crippen molar-refractivity contribution in [2.75, 3.05) is 5.32 Å². The van der Waals surface area contributed by atoms with Gasteiger partial charge in [0, 0.05) is 22.7 Å². The van der Waals surface area contributed by atoms with Gasteiger partial charge in [-0.05, 0) is 61.1 Å². The number of nitrogens with zero attached hydrogens (tertiary/aromatic N) is 1. The van der Waals surface area contributed by atoms with Crippen molar-refractivity contribution in [3.63, 3.8) is 0 Å². The van der Waals surface area contributed by atoms with Crippen LogP contribution in [0.2, 0.25) is 5.02 Å². The quantitative estimate of drug-likeness (QED) is 0.645.